The molecular weight excluding hydrogens is 174 g/mol. The average Bonchev–Trinajstić information content (AvgIpc) is 2.00. The van der Waals surface area contributed by atoms with Crippen molar-refractivity contribution in [3.63, 3.8) is 0 Å². The van der Waals surface area contributed by atoms with Gasteiger partial charge >= 0.3 is 0 Å². The highest BCUT2D eigenvalue weighted by Crippen LogP contribution is 2.46. The Labute approximate surface area is 86.5 Å². The quantitative estimate of drug-likeness (QED) is 0.358. The largest absolute Gasteiger partial charge is 0.0875 e. The van der Waals surface area contributed by atoms with Gasteiger partial charge in [-0.05, 0) is 36.1 Å². The van der Waals surface area contributed by atoms with Crippen LogP contribution in [-0.4, -0.2) is 5.54 Å². The van der Waals surface area contributed by atoms with Crippen molar-refractivity contribution in [1.29, 1.82) is 0 Å². The van der Waals surface area contributed by atoms with Crippen molar-refractivity contribution in [2.45, 2.75) is 58.9 Å². The van der Waals surface area contributed by atoms with Gasteiger partial charge in [0.25, 0.3) is 0 Å². The molecule has 3 heteroatoms. The molecule has 2 atom stereocenters. The second kappa shape index (κ2) is 3.82. The van der Waals surface area contributed by atoms with Gasteiger partial charge in [-0.25, -0.2) is 0 Å². The van der Waals surface area contributed by atoms with Crippen LogP contribution in [0.1, 0.15) is 53.4 Å². The van der Waals surface area contributed by atoms with Gasteiger partial charge < -0.3 is 0 Å². The van der Waals surface area contributed by atoms with E-state index in [1.165, 1.54) is 12.8 Å². The Hall–Kier alpha value is -0.690. The lowest BCUT2D eigenvalue weighted by Crippen LogP contribution is -2.38. The minimum atomic E-state index is -0.156. The highest BCUT2D eigenvalue weighted by molar-refractivity contribution is 4.96. The minimum absolute atomic E-state index is 0.156. The summed E-state index contributed by atoms with van der Waals surface area (Å²) in [5.74, 6) is 0.717. The first kappa shape index (κ1) is 11.4. The highest BCUT2D eigenvalue weighted by atomic mass is 15.2. The summed E-state index contributed by atoms with van der Waals surface area (Å²) in [4.78, 5) is 2.99. The number of hydrogen-bond donors (Lipinski definition) is 0. The molecule has 0 N–H and O–H groups in total. The second-order valence-corrected chi connectivity index (χ2v) is 5.71. The summed E-state index contributed by atoms with van der Waals surface area (Å²) in [6.07, 6.45) is 4.53. The Balaban J connectivity index is 2.84. The summed E-state index contributed by atoms with van der Waals surface area (Å²) in [6.45, 7) is 8.87. The van der Waals surface area contributed by atoms with Crippen molar-refractivity contribution < 1.29 is 0 Å². The van der Waals surface area contributed by atoms with Gasteiger partial charge in [-0.1, -0.05) is 39.2 Å². The number of hydrogen-bond acceptors (Lipinski definition) is 1. The van der Waals surface area contributed by atoms with Crippen LogP contribution in [-0.2, 0) is 0 Å². The third kappa shape index (κ3) is 2.65. The van der Waals surface area contributed by atoms with E-state index in [9.17, 15) is 0 Å². The van der Waals surface area contributed by atoms with Crippen LogP contribution in [0.25, 0.3) is 10.4 Å². The molecule has 0 radical (unpaired) electrons. The smallest absolute Gasteiger partial charge is 0.0467 e. The second-order valence-electron chi connectivity index (χ2n) is 5.71. The first-order chi connectivity index (χ1) is 6.41. The van der Waals surface area contributed by atoms with E-state index >= 15 is 0 Å². The summed E-state index contributed by atoms with van der Waals surface area (Å²) in [5, 5.41) is 3.99. The van der Waals surface area contributed by atoms with Crippen LogP contribution in [0.5, 0.6) is 0 Å². The summed E-state index contributed by atoms with van der Waals surface area (Å²) in [5.41, 5.74) is 8.74. The molecule has 1 aliphatic carbocycles. The Morgan fingerprint density at radius 2 is 2.00 bits per heavy atom. The molecule has 0 bridgehead atoms. The summed E-state index contributed by atoms with van der Waals surface area (Å²) in [7, 11) is 0. The van der Waals surface area contributed by atoms with Crippen LogP contribution in [0.2, 0.25) is 0 Å². The van der Waals surface area contributed by atoms with E-state index in [4.69, 9.17) is 5.53 Å². The van der Waals surface area contributed by atoms with Gasteiger partial charge in [-0.15, -0.1) is 0 Å². The molecule has 0 aromatic heterocycles. The van der Waals surface area contributed by atoms with Crippen LogP contribution >= 0.6 is 0 Å². The maximum absolute atomic E-state index is 8.57. The fraction of sp³-hybridized carbons (Fsp3) is 1.00. The van der Waals surface area contributed by atoms with Crippen LogP contribution < -0.4 is 0 Å². The van der Waals surface area contributed by atoms with Gasteiger partial charge in [-0.2, -0.15) is 0 Å². The molecule has 1 aliphatic rings. The lowest BCUT2D eigenvalue weighted by Gasteiger charge is -2.44. The molecular formula is C11H21N3. The third-order valence-electron chi connectivity index (χ3n) is 3.29. The molecule has 1 rings (SSSR count). The van der Waals surface area contributed by atoms with E-state index in [0.717, 1.165) is 12.8 Å². The van der Waals surface area contributed by atoms with Crippen molar-refractivity contribution in [3.8, 4) is 0 Å². The molecule has 0 aromatic carbocycles. The van der Waals surface area contributed by atoms with Crippen LogP contribution in [0.15, 0.2) is 5.11 Å². The summed E-state index contributed by atoms with van der Waals surface area (Å²) < 4.78 is 0. The Bertz CT molecular complexity index is 253. The molecule has 1 saturated carbocycles. The lowest BCUT2D eigenvalue weighted by atomic mass is 9.64. The first-order valence-corrected chi connectivity index (χ1v) is 5.47. The molecule has 0 spiro atoms. The van der Waals surface area contributed by atoms with Gasteiger partial charge in [0.1, 0.15) is 0 Å². The molecule has 0 heterocycles. The van der Waals surface area contributed by atoms with E-state index in [0.29, 0.717) is 11.3 Å². The van der Waals surface area contributed by atoms with E-state index in [1.54, 1.807) is 0 Å². The minimum Gasteiger partial charge on any atom is -0.0875 e. The van der Waals surface area contributed by atoms with Crippen LogP contribution in [0.3, 0.4) is 0 Å². The number of rotatable bonds is 2. The fourth-order valence-electron chi connectivity index (χ4n) is 3.12. The molecule has 0 unspecified atom stereocenters. The molecule has 0 amide bonds. The Morgan fingerprint density at radius 1 is 1.36 bits per heavy atom. The van der Waals surface area contributed by atoms with Crippen molar-refractivity contribution in [1.82, 2.24) is 0 Å². The van der Waals surface area contributed by atoms with Gasteiger partial charge in [0.2, 0.25) is 0 Å². The normalized spacial score (nSPS) is 36.1. The third-order valence-corrected chi connectivity index (χ3v) is 3.29. The van der Waals surface area contributed by atoms with Crippen LogP contribution in [0.4, 0.5) is 0 Å². The molecule has 0 saturated heterocycles. The predicted molar refractivity (Wildman–Crippen MR) is 59.0 cm³/mol. The fourth-order valence-corrected chi connectivity index (χ4v) is 3.12. The maximum Gasteiger partial charge on any atom is 0.0467 e. The predicted octanol–water partition coefficient (Wildman–Crippen LogP) is 4.29. The van der Waals surface area contributed by atoms with Crippen LogP contribution in [0, 0.1) is 11.3 Å². The van der Waals surface area contributed by atoms with Crippen molar-refractivity contribution in [3.05, 3.63) is 10.4 Å². The van der Waals surface area contributed by atoms with E-state index in [-0.39, 0.29) is 5.54 Å². The van der Waals surface area contributed by atoms with E-state index in [2.05, 4.69) is 37.7 Å². The lowest BCUT2D eigenvalue weighted by molar-refractivity contribution is 0.108. The monoisotopic (exact) mass is 195 g/mol. The van der Waals surface area contributed by atoms with Crippen molar-refractivity contribution in [2.75, 3.05) is 0 Å². The van der Waals surface area contributed by atoms with E-state index < -0.39 is 0 Å². The summed E-state index contributed by atoms with van der Waals surface area (Å²) >= 11 is 0. The van der Waals surface area contributed by atoms with Gasteiger partial charge in [-0.3, -0.25) is 0 Å². The molecule has 14 heavy (non-hydrogen) atoms. The highest BCUT2D eigenvalue weighted by Gasteiger charge is 2.39. The molecule has 1 fully saturated rings. The standard InChI is InChI=1S/C11H21N3/c1-5-9-6-10(2,3)8-11(4,7-9)13-14-12/h9H,5-8H2,1-4H3/t9-,11+/m1/s1. The first-order valence-electron chi connectivity index (χ1n) is 5.47. The van der Waals surface area contributed by atoms with Gasteiger partial charge in [0, 0.05) is 10.5 Å². The molecule has 80 valence electrons. The zero-order valence-electron chi connectivity index (χ0n) is 9.75. The van der Waals surface area contributed by atoms with Crippen molar-refractivity contribution >= 4 is 0 Å². The molecule has 0 aromatic rings. The number of azide groups is 1. The topological polar surface area (TPSA) is 48.8 Å². The maximum atomic E-state index is 8.57. The summed E-state index contributed by atoms with van der Waals surface area (Å²) in [6, 6.07) is 0. The Kier molecular flexibility index (Phi) is 3.10. The van der Waals surface area contributed by atoms with Crippen molar-refractivity contribution in [2.24, 2.45) is 16.4 Å². The van der Waals surface area contributed by atoms with E-state index in [1.807, 2.05) is 0 Å². The SMILES string of the molecule is CC[C@@H]1CC(C)(C)C[C@@](C)(N=[N+]=[N-])C1. The zero-order valence-corrected chi connectivity index (χ0v) is 9.75. The van der Waals surface area contributed by atoms with Gasteiger partial charge in [0.15, 0.2) is 0 Å². The number of nitrogens with zero attached hydrogens (tertiary/aromatic N) is 3. The Morgan fingerprint density at radius 3 is 2.50 bits per heavy atom. The zero-order chi connectivity index (χ0) is 10.8. The van der Waals surface area contributed by atoms with Gasteiger partial charge in [0.05, 0.1) is 0 Å². The molecule has 0 aliphatic heterocycles. The average molecular weight is 195 g/mol. The molecule has 3 nitrogen and oxygen atoms in total.